The van der Waals surface area contributed by atoms with Crippen LogP contribution in [0.1, 0.15) is 56.1 Å². The molecule has 0 amide bonds. The molecule has 0 saturated carbocycles. The van der Waals surface area contributed by atoms with Gasteiger partial charge in [0.25, 0.3) is 0 Å². The van der Waals surface area contributed by atoms with E-state index in [1.807, 2.05) is 72.8 Å². The molecule has 0 bridgehead atoms. The normalized spacial score (nSPS) is 24.2. The van der Waals surface area contributed by atoms with E-state index in [9.17, 15) is 13.5 Å². The summed E-state index contributed by atoms with van der Waals surface area (Å²) in [7, 11) is -3.75. The first-order valence-electron chi connectivity index (χ1n) is 11.0. The van der Waals surface area contributed by atoms with Gasteiger partial charge in [0, 0.05) is 0 Å². The van der Waals surface area contributed by atoms with Gasteiger partial charge in [-0.05, 0) is 40.7 Å². The number of aliphatic hydroxyl groups excluding tert-OH is 1. The van der Waals surface area contributed by atoms with Crippen LogP contribution < -0.4 is 0 Å². The average Bonchev–Trinajstić information content (AvgIpc) is 2.79. The van der Waals surface area contributed by atoms with Crippen molar-refractivity contribution >= 4 is 9.84 Å². The Bertz CT molecular complexity index is 1130. The van der Waals surface area contributed by atoms with Gasteiger partial charge in [0.2, 0.25) is 0 Å². The molecule has 1 aliphatic rings. The van der Waals surface area contributed by atoms with Crippen LogP contribution in [0.25, 0.3) is 0 Å². The summed E-state index contributed by atoms with van der Waals surface area (Å²) >= 11 is 0. The van der Waals surface area contributed by atoms with E-state index in [0.29, 0.717) is 0 Å². The number of hydrogen-bond acceptors (Lipinski definition) is 4. The fourth-order valence-electron chi connectivity index (χ4n) is 4.31. The second-order valence-corrected chi connectivity index (χ2v) is 11.6. The molecule has 0 aliphatic carbocycles. The molecule has 3 aromatic rings. The lowest BCUT2D eigenvalue weighted by Crippen LogP contribution is -2.42. The van der Waals surface area contributed by atoms with Crippen LogP contribution in [-0.4, -0.2) is 24.9 Å². The predicted octanol–water partition coefficient (Wildman–Crippen LogP) is 5.39. The van der Waals surface area contributed by atoms with E-state index in [0.717, 1.165) is 16.7 Å². The van der Waals surface area contributed by atoms with Gasteiger partial charge < -0.3 is 9.84 Å². The predicted molar refractivity (Wildman–Crippen MR) is 126 cm³/mol. The molecule has 1 N–H and O–H groups in total. The van der Waals surface area contributed by atoms with Gasteiger partial charge in [-0.1, -0.05) is 93.6 Å². The van der Waals surface area contributed by atoms with Crippen molar-refractivity contribution < 1.29 is 18.3 Å². The lowest BCUT2D eigenvalue weighted by atomic mass is 9.87. The van der Waals surface area contributed by atoms with Crippen LogP contribution >= 0.6 is 0 Å². The maximum absolute atomic E-state index is 13.7. The van der Waals surface area contributed by atoms with Gasteiger partial charge in [0.1, 0.15) is 12.2 Å². The summed E-state index contributed by atoms with van der Waals surface area (Å²) in [5, 5.41) is 10.0. The fourth-order valence-corrected chi connectivity index (χ4v) is 6.17. The SMILES string of the molecule is CC(C)(C)c1ccc(S(=O)(=O)[C@H]2C[C@H](O)[C@@H](c3ccccc3)O[C@H]2c2ccccc2)cc1. The number of aliphatic hydroxyl groups is 1. The first-order valence-corrected chi connectivity index (χ1v) is 12.5. The van der Waals surface area contributed by atoms with Gasteiger partial charge in [-0.15, -0.1) is 0 Å². The minimum atomic E-state index is -3.75. The zero-order valence-corrected chi connectivity index (χ0v) is 19.5. The third-order valence-electron chi connectivity index (χ3n) is 6.16. The highest BCUT2D eigenvalue weighted by Crippen LogP contribution is 2.43. The Kier molecular flexibility index (Phi) is 6.26. The quantitative estimate of drug-likeness (QED) is 0.579. The smallest absolute Gasteiger partial charge is 0.184 e. The van der Waals surface area contributed by atoms with Crippen molar-refractivity contribution in [2.75, 3.05) is 0 Å². The molecular formula is C27H30O4S. The minimum absolute atomic E-state index is 0.0675. The molecule has 4 atom stereocenters. The zero-order valence-electron chi connectivity index (χ0n) is 18.7. The molecule has 4 rings (SSSR count). The summed E-state index contributed by atoms with van der Waals surface area (Å²) in [6, 6.07) is 26.0. The van der Waals surface area contributed by atoms with Crippen molar-refractivity contribution in [2.45, 2.75) is 61.1 Å². The van der Waals surface area contributed by atoms with Crippen molar-refractivity contribution in [1.82, 2.24) is 0 Å². The van der Waals surface area contributed by atoms with Crippen LogP contribution in [0.5, 0.6) is 0 Å². The highest BCUT2D eigenvalue weighted by Gasteiger charge is 2.45. The van der Waals surface area contributed by atoms with Crippen molar-refractivity contribution in [3.05, 3.63) is 102 Å². The monoisotopic (exact) mass is 450 g/mol. The molecule has 1 fully saturated rings. The minimum Gasteiger partial charge on any atom is -0.390 e. The third-order valence-corrected chi connectivity index (χ3v) is 8.32. The number of sulfone groups is 1. The van der Waals surface area contributed by atoms with Crippen LogP contribution in [0.2, 0.25) is 0 Å². The first kappa shape index (κ1) is 22.7. The molecule has 0 spiro atoms. The van der Waals surface area contributed by atoms with Crippen LogP contribution in [-0.2, 0) is 20.0 Å². The van der Waals surface area contributed by atoms with E-state index in [1.165, 1.54) is 0 Å². The summed E-state index contributed by atoms with van der Waals surface area (Å²) < 4.78 is 33.8. The van der Waals surface area contributed by atoms with Gasteiger partial charge in [0.05, 0.1) is 16.2 Å². The molecule has 0 aromatic heterocycles. The van der Waals surface area contributed by atoms with Gasteiger partial charge in [0.15, 0.2) is 9.84 Å². The molecule has 0 unspecified atom stereocenters. The molecule has 1 saturated heterocycles. The summed E-state index contributed by atoms with van der Waals surface area (Å²) in [6.07, 6.45) is -2.10. The molecule has 1 aliphatic heterocycles. The van der Waals surface area contributed by atoms with Crippen LogP contribution in [0, 0.1) is 0 Å². The van der Waals surface area contributed by atoms with Crippen molar-refractivity contribution in [2.24, 2.45) is 0 Å². The number of ether oxygens (including phenoxy) is 1. The Morgan fingerprint density at radius 2 is 1.28 bits per heavy atom. The fraction of sp³-hybridized carbons (Fsp3) is 0.333. The second kappa shape index (κ2) is 8.81. The Balaban J connectivity index is 1.72. The maximum Gasteiger partial charge on any atom is 0.184 e. The summed E-state index contributed by atoms with van der Waals surface area (Å²) in [5.41, 5.74) is 2.63. The van der Waals surface area contributed by atoms with E-state index in [-0.39, 0.29) is 16.7 Å². The molecule has 168 valence electrons. The number of rotatable bonds is 4. The van der Waals surface area contributed by atoms with Crippen molar-refractivity contribution in [3.63, 3.8) is 0 Å². The first-order chi connectivity index (χ1) is 15.2. The van der Waals surface area contributed by atoms with Crippen LogP contribution in [0.15, 0.2) is 89.8 Å². The highest BCUT2D eigenvalue weighted by atomic mass is 32.2. The highest BCUT2D eigenvalue weighted by molar-refractivity contribution is 7.92. The largest absolute Gasteiger partial charge is 0.390 e. The Hall–Kier alpha value is -2.47. The maximum atomic E-state index is 13.7. The van der Waals surface area contributed by atoms with Gasteiger partial charge in [-0.2, -0.15) is 0 Å². The van der Waals surface area contributed by atoms with E-state index in [2.05, 4.69) is 20.8 Å². The van der Waals surface area contributed by atoms with Gasteiger partial charge >= 0.3 is 0 Å². The van der Waals surface area contributed by atoms with Crippen molar-refractivity contribution in [3.8, 4) is 0 Å². The molecule has 32 heavy (non-hydrogen) atoms. The van der Waals surface area contributed by atoms with Crippen LogP contribution in [0.3, 0.4) is 0 Å². The van der Waals surface area contributed by atoms with Crippen LogP contribution in [0.4, 0.5) is 0 Å². The van der Waals surface area contributed by atoms with E-state index in [4.69, 9.17) is 4.74 Å². The molecule has 1 heterocycles. The Morgan fingerprint density at radius 3 is 1.78 bits per heavy atom. The number of benzene rings is 3. The van der Waals surface area contributed by atoms with Gasteiger partial charge in [-0.3, -0.25) is 0 Å². The standard InChI is InChI=1S/C27H30O4S/c1-27(2,3)21-14-16-22(17-15-21)32(29,30)24-18-23(28)25(19-10-6-4-7-11-19)31-26(24)20-12-8-5-9-13-20/h4-17,23-26,28H,18H2,1-3H3/t23-,24-,25+,26-/m0/s1. The number of hydrogen-bond donors (Lipinski definition) is 1. The van der Waals surface area contributed by atoms with E-state index in [1.54, 1.807) is 12.1 Å². The summed E-state index contributed by atoms with van der Waals surface area (Å²) in [6.45, 7) is 6.28. The molecule has 5 heteroatoms. The van der Waals surface area contributed by atoms with E-state index >= 15 is 0 Å². The zero-order chi connectivity index (χ0) is 22.9. The Morgan fingerprint density at radius 1 is 0.781 bits per heavy atom. The summed E-state index contributed by atoms with van der Waals surface area (Å²) in [5.74, 6) is 0. The lowest BCUT2D eigenvalue weighted by molar-refractivity contribution is -0.119. The Labute approximate surface area is 190 Å². The van der Waals surface area contributed by atoms with Gasteiger partial charge in [-0.25, -0.2) is 8.42 Å². The molecular weight excluding hydrogens is 420 g/mol. The van der Waals surface area contributed by atoms with E-state index < -0.39 is 33.4 Å². The average molecular weight is 451 g/mol. The summed E-state index contributed by atoms with van der Waals surface area (Å²) in [4.78, 5) is 0.255. The topological polar surface area (TPSA) is 63.6 Å². The molecule has 0 radical (unpaired) electrons. The lowest BCUT2D eigenvalue weighted by Gasteiger charge is -2.39. The molecule has 3 aromatic carbocycles. The van der Waals surface area contributed by atoms with Crippen molar-refractivity contribution in [1.29, 1.82) is 0 Å². The molecule has 4 nitrogen and oxygen atoms in total. The third kappa shape index (κ3) is 4.51. The second-order valence-electron chi connectivity index (χ2n) is 9.46.